The van der Waals surface area contributed by atoms with Crippen LogP contribution >= 0.6 is 11.3 Å². The highest BCUT2D eigenvalue weighted by molar-refractivity contribution is 7.13. The number of nitrogens with one attached hydrogen (secondary N) is 3. The van der Waals surface area contributed by atoms with Gasteiger partial charge in [0.05, 0.1) is 37.1 Å². The molecule has 38 heavy (non-hydrogen) atoms. The molecule has 1 fully saturated rings. The number of aromatic nitrogens is 1. The molecule has 1 aliphatic heterocycles. The van der Waals surface area contributed by atoms with Gasteiger partial charge in [-0.25, -0.2) is 4.98 Å². The van der Waals surface area contributed by atoms with E-state index in [0.29, 0.717) is 29.2 Å². The molecule has 0 radical (unpaired) electrons. The van der Waals surface area contributed by atoms with Crippen LogP contribution in [-0.4, -0.2) is 92.7 Å². The summed E-state index contributed by atoms with van der Waals surface area (Å²) in [6, 6.07) is 7.69. The molecule has 12 heteroatoms. The van der Waals surface area contributed by atoms with Crippen molar-refractivity contribution in [2.75, 3.05) is 40.6 Å². The summed E-state index contributed by atoms with van der Waals surface area (Å²) in [6.45, 7) is 3.41. The minimum atomic E-state index is -1.52. The van der Waals surface area contributed by atoms with Gasteiger partial charge in [-0.05, 0) is 25.8 Å². The lowest BCUT2D eigenvalue weighted by molar-refractivity contribution is -0.131. The number of aldehydes is 1. The Hall–Kier alpha value is -3.03. The Bertz CT molecular complexity index is 1120. The third kappa shape index (κ3) is 7.74. The van der Waals surface area contributed by atoms with Crippen LogP contribution in [0.4, 0.5) is 0 Å². The van der Waals surface area contributed by atoms with E-state index in [-0.39, 0.29) is 25.5 Å². The van der Waals surface area contributed by atoms with Crippen LogP contribution in [0.2, 0.25) is 0 Å². The molecule has 0 saturated carbocycles. The number of carbonyl (C=O) groups is 4. The van der Waals surface area contributed by atoms with Crippen molar-refractivity contribution < 1.29 is 33.4 Å². The molecular formula is C26H34N4O7S. The molecule has 3 N–H and O–H groups in total. The minimum absolute atomic E-state index is 0.100. The summed E-state index contributed by atoms with van der Waals surface area (Å²) >= 11 is 1.19. The average Bonchev–Trinajstić information content (AvgIpc) is 3.51. The van der Waals surface area contributed by atoms with Crippen molar-refractivity contribution in [1.29, 1.82) is 0 Å². The Kier molecular flexibility index (Phi) is 10.2. The number of ether oxygens (including phenoxy) is 3. The fourth-order valence-corrected chi connectivity index (χ4v) is 4.58. The fraction of sp³-hybridized carbons (Fsp3) is 0.500. The van der Waals surface area contributed by atoms with E-state index >= 15 is 0 Å². The monoisotopic (exact) mass is 546 g/mol. The van der Waals surface area contributed by atoms with Crippen LogP contribution in [-0.2, 0) is 35.0 Å². The number of aryl methyl sites for hydroxylation is 1. The van der Waals surface area contributed by atoms with Gasteiger partial charge in [-0.3, -0.25) is 14.4 Å². The van der Waals surface area contributed by atoms with Crippen molar-refractivity contribution >= 4 is 35.2 Å². The van der Waals surface area contributed by atoms with Gasteiger partial charge in [0.15, 0.2) is 5.78 Å². The SMILES string of the molecule is COCC(NC(=O)c1cnc(C)s1)C(=O)N[C@@](C=O)(CNC(Cc1ccccc1)C(=O)[C@@]1(C)CO1)COC. The molecule has 1 aliphatic rings. The Labute approximate surface area is 225 Å². The zero-order valence-electron chi connectivity index (χ0n) is 21.9. The predicted molar refractivity (Wildman–Crippen MR) is 140 cm³/mol. The summed E-state index contributed by atoms with van der Waals surface area (Å²) in [5.41, 5.74) is -1.48. The molecule has 0 spiro atoms. The van der Waals surface area contributed by atoms with Crippen LogP contribution in [0, 0.1) is 6.92 Å². The maximum Gasteiger partial charge on any atom is 0.263 e. The molecule has 0 aliphatic carbocycles. The molecule has 2 unspecified atom stereocenters. The number of Topliss-reactive ketones (excluding diaryl/α,β-unsaturated/α-hetero) is 1. The van der Waals surface area contributed by atoms with Crippen LogP contribution in [0.3, 0.4) is 0 Å². The fourth-order valence-electron chi connectivity index (χ4n) is 3.90. The molecule has 206 valence electrons. The second-order valence-electron chi connectivity index (χ2n) is 9.43. The quantitative estimate of drug-likeness (QED) is 0.202. The second kappa shape index (κ2) is 13.2. The maximum atomic E-state index is 13.2. The highest BCUT2D eigenvalue weighted by atomic mass is 32.1. The first-order chi connectivity index (χ1) is 18.1. The zero-order chi connectivity index (χ0) is 27.8. The molecule has 1 aromatic heterocycles. The summed E-state index contributed by atoms with van der Waals surface area (Å²) in [4.78, 5) is 55.9. The zero-order valence-corrected chi connectivity index (χ0v) is 22.8. The molecule has 2 amide bonds. The lowest BCUT2D eigenvalue weighted by Gasteiger charge is -2.32. The van der Waals surface area contributed by atoms with Gasteiger partial charge < -0.3 is 35.0 Å². The first-order valence-corrected chi connectivity index (χ1v) is 12.9. The van der Waals surface area contributed by atoms with E-state index in [9.17, 15) is 19.2 Å². The van der Waals surface area contributed by atoms with E-state index in [4.69, 9.17) is 14.2 Å². The molecule has 1 saturated heterocycles. The van der Waals surface area contributed by atoms with Crippen molar-refractivity contribution in [3.63, 3.8) is 0 Å². The number of rotatable bonds is 16. The van der Waals surface area contributed by atoms with Crippen molar-refractivity contribution in [1.82, 2.24) is 20.9 Å². The van der Waals surface area contributed by atoms with Crippen molar-refractivity contribution in [2.24, 2.45) is 0 Å². The van der Waals surface area contributed by atoms with Crippen molar-refractivity contribution in [2.45, 2.75) is 43.5 Å². The molecular weight excluding hydrogens is 512 g/mol. The van der Waals surface area contributed by atoms with Crippen LogP contribution in [0.5, 0.6) is 0 Å². The summed E-state index contributed by atoms with van der Waals surface area (Å²) in [5, 5.41) is 9.19. The molecule has 1 aromatic carbocycles. The molecule has 2 aromatic rings. The van der Waals surface area contributed by atoms with E-state index < -0.39 is 35.0 Å². The third-order valence-corrected chi connectivity index (χ3v) is 7.07. The Morgan fingerprint density at radius 1 is 1.21 bits per heavy atom. The summed E-state index contributed by atoms with van der Waals surface area (Å²) < 4.78 is 15.8. The number of benzene rings is 1. The third-order valence-electron chi connectivity index (χ3n) is 6.16. The van der Waals surface area contributed by atoms with Gasteiger partial charge in [0.25, 0.3) is 5.91 Å². The topological polar surface area (TPSA) is 148 Å². The van der Waals surface area contributed by atoms with E-state index in [1.165, 1.54) is 31.8 Å². The molecule has 3 rings (SSSR count). The lowest BCUT2D eigenvalue weighted by Crippen LogP contribution is -2.64. The molecule has 11 nitrogen and oxygen atoms in total. The largest absolute Gasteiger partial charge is 0.382 e. The van der Waals surface area contributed by atoms with Crippen molar-refractivity contribution in [3.8, 4) is 0 Å². The Balaban J connectivity index is 1.75. The van der Waals surface area contributed by atoms with E-state index in [1.807, 2.05) is 30.3 Å². The minimum Gasteiger partial charge on any atom is -0.382 e. The first kappa shape index (κ1) is 29.5. The number of hydrogen-bond donors (Lipinski definition) is 3. The van der Waals surface area contributed by atoms with Crippen LogP contribution in [0.1, 0.15) is 27.2 Å². The van der Waals surface area contributed by atoms with Crippen LogP contribution < -0.4 is 16.0 Å². The van der Waals surface area contributed by atoms with Gasteiger partial charge in [0.1, 0.15) is 28.3 Å². The number of methoxy groups -OCH3 is 2. The van der Waals surface area contributed by atoms with E-state index in [1.54, 1.807) is 13.8 Å². The van der Waals surface area contributed by atoms with Gasteiger partial charge in [0.2, 0.25) is 5.91 Å². The summed E-state index contributed by atoms with van der Waals surface area (Å²) in [6.07, 6.45) is 2.36. The van der Waals surface area contributed by atoms with Crippen LogP contribution in [0.15, 0.2) is 36.5 Å². The molecule has 0 bridgehead atoms. The van der Waals surface area contributed by atoms with E-state index in [2.05, 4.69) is 20.9 Å². The number of amides is 2. The highest BCUT2D eigenvalue weighted by Gasteiger charge is 2.50. The number of hydrogen-bond acceptors (Lipinski definition) is 10. The standard InChI is InChI=1S/C26H34N4O7S/c1-17-27-11-21(38-17)24(34)29-20(12-35-3)23(33)30-26(14-31,16-36-4)13-28-19(22(32)25(2)15-37-25)10-18-8-6-5-7-9-18/h5-9,11,14,19-20,28H,10,12-13,15-16H2,1-4H3,(H,29,34)(H,30,33)/t19?,20?,25-,26-/m1/s1. The van der Waals surface area contributed by atoms with Gasteiger partial charge in [0, 0.05) is 20.8 Å². The summed E-state index contributed by atoms with van der Waals surface area (Å²) in [5.74, 6) is -1.27. The normalized spacial score (nSPS) is 19.6. The highest BCUT2D eigenvalue weighted by Crippen LogP contribution is 2.29. The van der Waals surface area contributed by atoms with Gasteiger partial charge in [-0.2, -0.15) is 0 Å². The van der Waals surface area contributed by atoms with Crippen molar-refractivity contribution in [3.05, 3.63) is 52.0 Å². The predicted octanol–water partition coefficient (Wildman–Crippen LogP) is 0.456. The smallest absolute Gasteiger partial charge is 0.263 e. The number of ketones is 1. The number of thiazole rings is 1. The number of epoxide rings is 1. The summed E-state index contributed by atoms with van der Waals surface area (Å²) in [7, 11) is 2.80. The maximum absolute atomic E-state index is 13.2. The Morgan fingerprint density at radius 2 is 1.92 bits per heavy atom. The number of carbonyl (C=O) groups excluding carboxylic acids is 4. The van der Waals surface area contributed by atoms with Gasteiger partial charge in [-0.15, -0.1) is 11.3 Å². The first-order valence-electron chi connectivity index (χ1n) is 12.1. The second-order valence-corrected chi connectivity index (χ2v) is 10.7. The molecule has 2 heterocycles. The van der Waals surface area contributed by atoms with Gasteiger partial charge >= 0.3 is 0 Å². The lowest BCUT2D eigenvalue weighted by atomic mass is 9.93. The van der Waals surface area contributed by atoms with E-state index in [0.717, 1.165) is 5.56 Å². The van der Waals surface area contributed by atoms with Gasteiger partial charge in [-0.1, -0.05) is 30.3 Å². The molecule has 4 atom stereocenters. The number of nitrogens with zero attached hydrogens (tertiary/aromatic N) is 1. The Morgan fingerprint density at radius 3 is 2.47 bits per heavy atom. The average molecular weight is 547 g/mol. The van der Waals surface area contributed by atoms with Crippen LogP contribution in [0.25, 0.3) is 0 Å².